The first-order valence-corrected chi connectivity index (χ1v) is 11.0. The SMILES string of the molecule is Cc1ccc(-c2nc3c(ccc4ccccc43)c3c2C2C(=CC=CC2C)S3)cc1. The Morgan fingerprint density at radius 1 is 0.897 bits per heavy atom. The molecule has 0 N–H and O–H groups in total. The van der Waals surface area contributed by atoms with Crippen LogP contribution >= 0.6 is 11.8 Å². The van der Waals surface area contributed by atoms with E-state index >= 15 is 0 Å². The third kappa shape index (κ3) is 2.52. The summed E-state index contributed by atoms with van der Waals surface area (Å²) in [6.07, 6.45) is 6.83. The smallest absolute Gasteiger partial charge is 0.0799 e. The van der Waals surface area contributed by atoms with Crippen molar-refractivity contribution in [2.75, 3.05) is 0 Å². The zero-order valence-corrected chi connectivity index (χ0v) is 17.3. The number of fused-ring (bicyclic) bond motifs is 7. The van der Waals surface area contributed by atoms with Gasteiger partial charge in [0.05, 0.1) is 11.2 Å². The van der Waals surface area contributed by atoms with Crippen molar-refractivity contribution in [3.63, 3.8) is 0 Å². The van der Waals surface area contributed by atoms with Crippen LogP contribution in [0.15, 0.2) is 88.7 Å². The Morgan fingerprint density at radius 3 is 2.59 bits per heavy atom. The van der Waals surface area contributed by atoms with E-state index in [4.69, 9.17) is 4.98 Å². The number of allylic oxidation sites excluding steroid dienone is 4. The molecule has 0 amide bonds. The molecule has 2 heteroatoms. The van der Waals surface area contributed by atoms with Crippen molar-refractivity contribution >= 4 is 33.4 Å². The van der Waals surface area contributed by atoms with E-state index in [9.17, 15) is 0 Å². The molecule has 0 spiro atoms. The van der Waals surface area contributed by atoms with Gasteiger partial charge in [-0.3, -0.25) is 0 Å². The first-order chi connectivity index (χ1) is 14.2. The topological polar surface area (TPSA) is 12.9 Å². The number of hydrogen-bond donors (Lipinski definition) is 0. The molecule has 6 rings (SSSR count). The van der Waals surface area contributed by atoms with Crippen LogP contribution in [0, 0.1) is 12.8 Å². The predicted molar refractivity (Wildman–Crippen MR) is 124 cm³/mol. The van der Waals surface area contributed by atoms with E-state index in [0.717, 1.165) is 11.2 Å². The fraction of sp³-hybridized carbons (Fsp3) is 0.148. The third-order valence-electron chi connectivity index (χ3n) is 6.23. The summed E-state index contributed by atoms with van der Waals surface area (Å²) in [5.41, 5.74) is 6.16. The quantitative estimate of drug-likeness (QED) is 0.309. The van der Waals surface area contributed by atoms with Crippen molar-refractivity contribution in [2.45, 2.75) is 24.7 Å². The van der Waals surface area contributed by atoms with Crippen molar-refractivity contribution in [3.05, 3.63) is 94.9 Å². The Balaban J connectivity index is 1.74. The maximum absolute atomic E-state index is 5.34. The van der Waals surface area contributed by atoms with Gasteiger partial charge in [0, 0.05) is 32.7 Å². The van der Waals surface area contributed by atoms with Gasteiger partial charge in [0.1, 0.15) is 0 Å². The minimum atomic E-state index is 0.402. The molecule has 3 aromatic carbocycles. The van der Waals surface area contributed by atoms with Gasteiger partial charge in [-0.25, -0.2) is 4.98 Å². The Morgan fingerprint density at radius 2 is 1.72 bits per heavy atom. The minimum Gasteiger partial charge on any atom is -0.247 e. The number of aromatic nitrogens is 1. The van der Waals surface area contributed by atoms with Gasteiger partial charge >= 0.3 is 0 Å². The van der Waals surface area contributed by atoms with Gasteiger partial charge in [-0.2, -0.15) is 0 Å². The summed E-state index contributed by atoms with van der Waals surface area (Å²) in [6.45, 7) is 4.47. The lowest BCUT2D eigenvalue weighted by molar-refractivity contribution is 0.628. The second kappa shape index (κ2) is 6.33. The minimum absolute atomic E-state index is 0.402. The molecule has 2 aliphatic rings. The van der Waals surface area contributed by atoms with Crippen LogP contribution in [0.2, 0.25) is 0 Å². The summed E-state index contributed by atoms with van der Waals surface area (Å²) in [5.74, 6) is 0.882. The molecule has 1 aromatic heterocycles. The predicted octanol–water partition coefficient (Wildman–Crippen LogP) is 7.64. The summed E-state index contributed by atoms with van der Waals surface area (Å²) in [5, 5.41) is 3.76. The maximum atomic E-state index is 5.34. The number of benzene rings is 3. The standard InChI is InChI=1S/C27H21NS/c1-16-10-12-19(13-11-16)25-24-23-17(2)6-5-9-22(23)29-27(24)21-15-14-18-7-3-4-8-20(18)26(21)28-25/h3-15,17,23H,1-2H3. The third-order valence-corrected chi connectivity index (χ3v) is 7.50. The molecular weight excluding hydrogens is 370 g/mol. The average molecular weight is 392 g/mol. The van der Waals surface area contributed by atoms with Crippen LogP contribution in [0.3, 0.4) is 0 Å². The van der Waals surface area contributed by atoms with E-state index in [0.29, 0.717) is 11.8 Å². The first kappa shape index (κ1) is 17.1. The van der Waals surface area contributed by atoms with Crippen molar-refractivity contribution < 1.29 is 0 Å². The van der Waals surface area contributed by atoms with Gasteiger partial charge in [0.2, 0.25) is 0 Å². The lowest BCUT2D eigenvalue weighted by atomic mass is 9.81. The second-order valence-electron chi connectivity index (χ2n) is 8.14. The van der Waals surface area contributed by atoms with Crippen LogP contribution in [-0.2, 0) is 0 Å². The molecule has 140 valence electrons. The zero-order chi connectivity index (χ0) is 19.5. The molecule has 0 bridgehead atoms. The van der Waals surface area contributed by atoms with E-state index in [2.05, 4.69) is 92.7 Å². The van der Waals surface area contributed by atoms with Gasteiger partial charge in [-0.1, -0.05) is 103 Å². The highest BCUT2D eigenvalue weighted by molar-refractivity contribution is 8.03. The maximum Gasteiger partial charge on any atom is 0.0799 e. The van der Waals surface area contributed by atoms with Crippen molar-refractivity contribution in [1.82, 2.24) is 4.98 Å². The summed E-state index contributed by atoms with van der Waals surface area (Å²) < 4.78 is 0. The molecule has 0 radical (unpaired) electrons. The summed E-state index contributed by atoms with van der Waals surface area (Å²) in [4.78, 5) is 8.18. The van der Waals surface area contributed by atoms with Crippen LogP contribution < -0.4 is 0 Å². The Labute approximate surface area is 175 Å². The number of hydrogen-bond acceptors (Lipinski definition) is 2. The van der Waals surface area contributed by atoms with Crippen LogP contribution in [0.25, 0.3) is 32.9 Å². The second-order valence-corrected chi connectivity index (χ2v) is 9.23. The van der Waals surface area contributed by atoms with Crippen LogP contribution in [0.4, 0.5) is 0 Å². The van der Waals surface area contributed by atoms with E-state index < -0.39 is 0 Å². The molecule has 2 atom stereocenters. The van der Waals surface area contributed by atoms with Gasteiger partial charge in [0.25, 0.3) is 0 Å². The highest BCUT2D eigenvalue weighted by Gasteiger charge is 2.37. The number of rotatable bonds is 1. The molecule has 1 aliphatic carbocycles. The van der Waals surface area contributed by atoms with E-state index in [1.807, 2.05) is 11.8 Å². The lowest BCUT2D eigenvalue weighted by Gasteiger charge is -2.23. The number of aryl methyl sites for hydroxylation is 1. The van der Waals surface area contributed by atoms with Gasteiger partial charge in [-0.05, 0) is 23.1 Å². The van der Waals surface area contributed by atoms with E-state index in [1.54, 1.807) is 0 Å². The lowest BCUT2D eigenvalue weighted by Crippen LogP contribution is -2.10. The monoisotopic (exact) mass is 391 g/mol. The van der Waals surface area contributed by atoms with Gasteiger partial charge in [0.15, 0.2) is 0 Å². The molecule has 2 heterocycles. The Kier molecular flexibility index (Phi) is 3.72. The van der Waals surface area contributed by atoms with Crippen LogP contribution in [0.5, 0.6) is 0 Å². The van der Waals surface area contributed by atoms with E-state index in [-0.39, 0.29) is 0 Å². The summed E-state index contributed by atoms with van der Waals surface area (Å²) in [7, 11) is 0. The van der Waals surface area contributed by atoms with Crippen molar-refractivity contribution in [2.24, 2.45) is 5.92 Å². The van der Waals surface area contributed by atoms with Crippen LogP contribution in [-0.4, -0.2) is 4.98 Å². The van der Waals surface area contributed by atoms with Crippen molar-refractivity contribution in [3.8, 4) is 11.3 Å². The normalized spacial score (nSPS) is 20.0. The molecule has 4 aromatic rings. The molecule has 0 saturated carbocycles. The number of nitrogens with zero attached hydrogens (tertiary/aromatic N) is 1. The average Bonchev–Trinajstić information content (AvgIpc) is 3.15. The molecule has 0 fully saturated rings. The summed E-state index contributed by atoms with van der Waals surface area (Å²) in [6, 6.07) is 21.9. The highest BCUT2D eigenvalue weighted by Crippen LogP contribution is 2.58. The molecular formula is C27H21NS. The first-order valence-electron chi connectivity index (χ1n) is 10.2. The van der Waals surface area contributed by atoms with Crippen molar-refractivity contribution in [1.29, 1.82) is 0 Å². The molecule has 29 heavy (non-hydrogen) atoms. The molecule has 2 unspecified atom stereocenters. The van der Waals surface area contributed by atoms with Crippen LogP contribution in [0.1, 0.15) is 24.0 Å². The zero-order valence-electron chi connectivity index (χ0n) is 16.5. The Hall–Kier alpha value is -2.84. The van der Waals surface area contributed by atoms with Gasteiger partial charge < -0.3 is 0 Å². The summed E-state index contributed by atoms with van der Waals surface area (Å²) >= 11 is 1.94. The highest BCUT2D eigenvalue weighted by atomic mass is 32.2. The Bertz CT molecular complexity index is 1340. The molecule has 1 nitrogen and oxygen atoms in total. The fourth-order valence-corrected chi connectivity index (χ4v) is 6.18. The number of thioether (sulfide) groups is 1. The largest absolute Gasteiger partial charge is 0.247 e. The number of pyridine rings is 1. The van der Waals surface area contributed by atoms with E-state index in [1.165, 1.54) is 42.6 Å². The molecule has 0 saturated heterocycles. The fourth-order valence-electron chi connectivity index (χ4n) is 4.73. The molecule has 1 aliphatic heterocycles. The van der Waals surface area contributed by atoms with Gasteiger partial charge in [-0.15, -0.1) is 0 Å².